The van der Waals surface area contributed by atoms with Crippen molar-refractivity contribution in [2.24, 2.45) is 0 Å². The normalized spacial score (nSPS) is 14.7. The van der Waals surface area contributed by atoms with Crippen LogP contribution in [0.25, 0.3) is 0 Å². The number of nitrogens with zero attached hydrogens (tertiary/aromatic N) is 2. The highest BCUT2D eigenvalue weighted by atomic mass is 79.9. The van der Waals surface area contributed by atoms with E-state index in [2.05, 4.69) is 31.2 Å². The lowest BCUT2D eigenvalue weighted by atomic mass is 10.3. The Balaban J connectivity index is 1.54. The molecule has 1 saturated carbocycles. The van der Waals surface area contributed by atoms with Gasteiger partial charge in [-0.05, 0) is 47.0 Å². The van der Waals surface area contributed by atoms with E-state index in [0.29, 0.717) is 5.92 Å². The van der Waals surface area contributed by atoms with Crippen LogP contribution in [0.4, 0.5) is 5.82 Å². The second-order valence-electron chi connectivity index (χ2n) is 4.46. The predicted molar refractivity (Wildman–Crippen MR) is 72.6 cm³/mol. The first-order valence-electron chi connectivity index (χ1n) is 6.12. The monoisotopic (exact) mass is 307 g/mol. The number of hydrogen-bond donors (Lipinski definition) is 1. The van der Waals surface area contributed by atoms with E-state index in [0.717, 1.165) is 35.0 Å². The van der Waals surface area contributed by atoms with E-state index in [-0.39, 0.29) is 0 Å². The van der Waals surface area contributed by atoms with Crippen LogP contribution in [0.15, 0.2) is 33.5 Å². The molecule has 4 nitrogen and oxygen atoms in total. The smallest absolute Gasteiger partial charge is 0.169 e. The van der Waals surface area contributed by atoms with E-state index in [1.807, 2.05) is 24.4 Å². The van der Waals surface area contributed by atoms with Crippen molar-refractivity contribution in [3.63, 3.8) is 0 Å². The van der Waals surface area contributed by atoms with Gasteiger partial charge in [-0.25, -0.2) is 9.97 Å². The average molecular weight is 308 g/mol. The first-order chi connectivity index (χ1) is 8.81. The Bertz CT molecular complexity index is 537. The van der Waals surface area contributed by atoms with Gasteiger partial charge in [0.1, 0.15) is 17.4 Å². The molecule has 1 aliphatic carbocycles. The molecule has 0 aliphatic heterocycles. The molecule has 2 aromatic rings. The third-order valence-corrected chi connectivity index (χ3v) is 3.35. The van der Waals surface area contributed by atoms with Crippen LogP contribution in [0, 0.1) is 0 Å². The molecule has 0 atom stereocenters. The van der Waals surface area contributed by atoms with Crippen molar-refractivity contribution in [2.45, 2.75) is 25.2 Å². The number of rotatable bonds is 5. The minimum atomic E-state index is 0.591. The van der Waals surface area contributed by atoms with Gasteiger partial charge in [-0.1, -0.05) is 0 Å². The van der Waals surface area contributed by atoms with Crippen molar-refractivity contribution in [3.05, 3.63) is 40.7 Å². The summed E-state index contributed by atoms with van der Waals surface area (Å²) in [4.78, 5) is 8.80. The molecule has 5 heteroatoms. The molecule has 3 rings (SSSR count). The maximum Gasteiger partial charge on any atom is 0.169 e. The molecule has 0 bridgehead atoms. The average Bonchev–Trinajstić information content (AvgIpc) is 3.14. The molecule has 94 valence electrons. The molecule has 0 aromatic carbocycles. The highest BCUT2D eigenvalue weighted by Gasteiger charge is 2.26. The number of halogens is 1. The number of nitrogens with one attached hydrogen (secondary N) is 1. The molecule has 2 aromatic heterocycles. The summed E-state index contributed by atoms with van der Waals surface area (Å²) in [5.41, 5.74) is 0. The van der Waals surface area contributed by atoms with Gasteiger partial charge in [-0.3, -0.25) is 0 Å². The Hall–Kier alpha value is -1.36. The second kappa shape index (κ2) is 5.10. The Morgan fingerprint density at radius 3 is 2.94 bits per heavy atom. The summed E-state index contributed by atoms with van der Waals surface area (Å²) in [6.45, 7) is 0.807. The quantitative estimate of drug-likeness (QED) is 0.920. The largest absolute Gasteiger partial charge is 0.454 e. The van der Waals surface area contributed by atoms with Crippen molar-refractivity contribution >= 4 is 21.7 Å². The first kappa shape index (κ1) is 11.7. The van der Waals surface area contributed by atoms with E-state index in [9.17, 15) is 0 Å². The SMILES string of the molecule is Brc1ccc(CCNc2ccnc(C3CC3)n2)o1. The van der Waals surface area contributed by atoms with Crippen molar-refractivity contribution in [1.29, 1.82) is 0 Å². The van der Waals surface area contributed by atoms with Gasteiger partial charge in [0.15, 0.2) is 4.67 Å². The second-order valence-corrected chi connectivity index (χ2v) is 5.24. The summed E-state index contributed by atoms with van der Waals surface area (Å²) < 4.78 is 6.21. The van der Waals surface area contributed by atoms with E-state index in [4.69, 9.17) is 4.42 Å². The van der Waals surface area contributed by atoms with E-state index >= 15 is 0 Å². The zero-order valence-corrected chi connectivity index (χ0v) is 11.5. The van der Waals surface area contributed by atoms with Crippen LogP contribution >= 0.6 is 15.9 Å². The molecule has 1 N–H and O–H groups in total. The topological polar surface area (TPSA) is 51.0 Å². The van der Waals surface area contributed by atoms with Crippen LogP contribution in [0.3, 0.4) is 0 Å². The van der Waals surface area contributed by atoms with Crippen LogP contribution in [-0.4, -0.2) is 16.5 Å². The molecular weight excluding hydrogens is 294 g/mol. The molecule has 0 amide bonds. The molecular formula is C13H14BrN3O. The first-order valence-corrected chi connectivity index (χ1v) is 6.91. The van der Waals surface area contributed by atoms with Crippen molar-refractivity contribution in [3.8, 4) is 0 Å². The lowest BCUT2D eigenvalue weighted by Crippen LogP contribution is -2.07. The number of anilines is 1. The zero-order chi connectivity index (χ0) is 12.4. The zero-order valence-electron chi connectivity index (χ0n) is 9.90. The third kappa shape index (κ3) is 2.90. The highest BCUT2D eigenvalue weighted by molar-refractivity contribution is 9.10. The number of furan rings is 1. The van der Waals surface area contributed by atoms with E-state index in [1.54, 1.807) is 0 Å². The minimum Gasteiger partial charge on any atom is -0.454 e. The summed E-state index contributed by atoms with van der Waals surface area (Å²) in [7, 11) is 0. The van der Waals surface area contributed by atoms with E-state index in [1.165, 1.54) is 12.8 Å². The van der Waals surface area contributed by atoms with Gasteiger partial charge in [0.05, 0.1) is 0 Å². The van der Waals surface area contributed by atoms with Gasteiger partial charge in [0.25, 0.3) is 0 Å². The van der Waals surface area contributed by atoms with Crippen LogP contribution in [-0.2, 0) is 6.42 Å². The fourth-order valence-electron chi connectivity index (χ4n) is 1.81. The summed E-state index contributed by atoms with van der Waals surface area (Å²) in [5, 5.41) is 3.30. The van der Waals surface area contributed by atoms with Gasteiger partial charge in [0.2, 0.25) is 0 Å². The maximum absolute atomic E-state index is 5.44. The molecule has 2 heterocycles. The maximum atomic E-state index is 5.44. The number of hydrogen-bond acceptors (Lipinski definition) is 4. The molecule has 1 fully saturated rings. The van der Waals surface area contributed by atoms with Gasteiger partial charge < -0.3 is 9.73 Å². The lowest BCUT2D eigenvalue weighted by molar-refractivity contribution is 0.491. The summed E-state index contributed by atoms with van der Waals surface area (Å²) in [6.07, 6.45) is 5.12. The van der Waals surface area contributed by atoms with Crippen molar-refractivity contribution in [1.82, 2.24) is 9.97 Å². The fraction of sp³-hybridized carbons (Fsp3) is 0.385. The Morgan fingerprint density at radius 1 is 1.33 bits per heavy atom. The molecule has 0 radical (unpaired) electrons. The Labute approximate surface area is 114 Å². The third-order valence-electron chi connectivity index (χ3n) is 2.92. The molecule has 0 saturated heterocycles. The number of aromatic nitrogens is 2. The van der Waals surface area contributed by atoms with Crippen LogP contribution in [0.2, 0.25) is 0 Å². The summed E-state index contributed by atoms with van der Waals surface area (Å²) >= 11 is 3.29. The van der Waals surface area contributed by atoms with Gasteiger partial charge in [-0.15, -0.1) is 0 Å². The molecule has 0 spiro atoms. The standard InChI is InChI=1S/C13H14BrN3O/c14-11-4-3-10(18-11)5-7-15-12-6-8-16-13(17-12)9-1-2-9/h3-4,6,8-9H,1-2,5,7H2,(H,15,16,17). The highest BCUT2D eigenvalue weighted by Crippen LogP contribution is 2.37. The van der Waals surface area contributed by atoms with Crippen LogP contribution in [0.1, 0.15) is 30.3 Å². The minimum absolute atomic E-state index is 0.591. The molecule has 18 heavy (non-hydrogen) atoms. The van der Waals surface area contributed by atoms with Crippen LogP contribution in [0.5, 0.6) is 0 Å². The Morgan fingerprint density at radius 2 is 2.22 bits per heavy atom. The molecule has 0 unspecified atom stereocenters. The fourth-order valence-corrected chi connectivity index (χ4v) is 2.15. The van der Waals surface area contributed by atoms with Crippen molar-refractivity contribution in [2.75, 3.05) is 11.9 Å². The predicted octanol–water partition coefficient (Wildman–Crippen LogP) is 3.36. The lowest BCUT2D eigenvalue weighted by Gasteiger charge is -2.05. The van der Waals surface area contributed by atoms with Gasteiger partial charge in [-0.2, -0.15) is 0 Å². The Kier molecular flexibility index (Phi) is 3.32. The van der Waals surface area contributed by atoms with Crippen LogP contribution < -0.4 is 5.32 Å². The van der Waals surface area contributed by atoms with E-state index < -0.39 is 0 Å². The summed E-state index contributed by atoms with van der Waals surface area (Å²) in [6, 6.07) is 5.79. The molecule has 1 aliphatic rings. The van der Waals surface area contributed by atoms with Gasteiger partial charge >= 0.3 is 0 Å². The van der Waals surface area contributed by atoms with Gasteiger partial charge in [0, 0.05) is 25.1 Å². The summed E-state index contributed by atoms with van der Waals surface area (Å²) in [5.74, 6) is 3.43. The van der Waals surface area contributed by atoms with Crippen molar-refractivity contribution < 1.29 is 4.42 Å².